The van der Waals surface area contributed by atoms with Gasteiger partial charge in [-0.05, 0) is 31.5 Å². The van der Waals surface area contributed by atoms with Gasteiger partial charge in [0, 0.05) is 31.4 Å². The Morgan fingerprint density at radius 2 is 1.89 bits per heavy atom. The molecule has 0 fully saturated rings. The van der Waals surface area contributed by atoms with E-state index in [4.69, 9.17) is 0 Å². The molecule has 0 aliphatic rings. The van der Waals surface area contributed by atoms with Crippen molar-refractivity contribution in [1.29, 1.82) is 0 Å². The van der Waals surface area contributed by atoms with E-state index < -0.39 is 0 Å². The van der Waals surface area contributed by atoms with Crippen LogP contribution in [0.25, 0.3) is 0 Å². The van der Waals surface area contributed by atoms with Crippen LogP contribution in [0.4, 0.5) is 0 Å². The molecule has 108 valence electrons. The molecule has 1 aromatic heterocycles. The third-order valence-electron chi connectivity index (χ3n) is 3.58. The molecular weight excluding hydrogens is 234 g/mol. The number of hydrogen-bond acceptors (Lipinski definition) is 3. The van der Waals surface area contributed by atoms with E-state index in [1.807, 2.05) is 6.20 Å². The summed E-state index contributed by atoms with van der Waals surface area (Å²) in [4.78, 5) is 6.96. The minimum Gasteiger partial charge on any atom is -0.310 e. The average Bonchev–Trinajstić information content (AvgIpc) is 2.39. The second-order valence-corrected chi connectivity index (χ2v) is 5.58. The van der Waals surface area contributed by atoms with Crippen LogP contribution in [-0.2, 0) is 13.1 Å². The minimum absolute atomic E-state index is 0.515. The van der Waals surface area contributed by atoms with E-state index in [0.717, 1.165) is 18.8 Å². The van der Waals surface area contributed by atoms with E-state index in [0.29, 0.717) is 12.1 Å². The summed E-state index contributed by atoms with van der Waals surface area (Å²) in [5, 5.41) is 3.41. The van der Waals surface area contributed by atoms with Crippen molar-refractivity contribution in [3.05, 3.63) is 29.6 Å². The number of nitrogens with one attached hydrogen (secondary N) is 1. The number of nitrogens with zero attached hydrogens (tertiary/aromatic N) is 2. The van der Waals surface area contributed by atoms with Gasteiger partial charge in [-0.2, -0.15) is 0 Å². The molecule has 0 unspecified atom stereocenters. The van der Waals surface area contributed by atoms with Crippen molar-refractivity contribution >= 4 is 0 Å². The lowest BCUT2D eigenvalue weighted by molar-refractivity contribution is 0.219. The van der Waals surface area contributed by atoms with Gasteiger partial charge >= 0.3 is 0 Å². The average molecular weight is 263 g/mol. The lowest BCUT2D eigenvalue weighted by Gasteiger charge is -2.25. The van der Waals surface area contributed by atoms with Gasteiger partial charge in [0.15, 0.2) is 0 Å². The standard InChI is InChI=1S/C16H29N3/c1-6-16(7-2)19(5)12-15-9-8-14(11-18-15)10-17-13(3)4/h8-9,11,13,16-17H,6-7,10,12H2,1-5H3. The molecule has 0 saturated heterocycles. The van der Waals surface area contributed by atoms with Crippen molar-refractivity contribution in [3.63, 3.8) is 0 Å². The van der Waals surface area contributed by atoms with Crippen LogP contribution < -0.4 is 5.32 Å². The second kappa shape index (κ2) is 8.28. The van der Waals surface area contributed by atoms with Crippen molar-refractivity contribution in [2.45, 2.75) is 65.7 Å². The van der Waals surface area contributed by atoms with Crippen LogP contribution >= 0.6 is 0 Å². The van der Waals surface area contributed by atoms with Crippen LogP contribution in [0.2, 0.25) is 0 Å². The van der Waals surface area contributed by atoms with Crippen LogP contribution in [-0.4, -0.2) is 29.0 Å². The maximum Gasteiger partial charge on any atom is 0.0544 e. The molecule has 0 spiro atoms. The van der Waals surface area contributed by atoms with Crippen LogP contribution in [0.3, 0.4) is 0 Å². The highest BCUT2D eigenvalue weighted by molar-refractivity contribution is 5.14. The molecule has 1 aromatic rings. The van der Waals surface area contributed by atoms with Crippen molar-refractivity contribution in [1.82, 2.24) is 15.2 Å². The molecule has 19 heavy (non-hydrogen) atoms. The fourth-order valence-corrected chi connectivity index (χ4v) is 2.27. The Morgan fingerprint density at radius 1 is 1.21 bits per heavy atom. The number of pyridine rings is 1. The van der Waals surface area contributed by atoms with E-state index >= 15 is 0 Å². The van der Waals surface area contributed by atoms with Crippen molar-refractivity contribution in [2.24, 2.45) is 0 Å². The van der Waals surface area contributed by atoms with Gasteiger partial charge in [-0.3, -0.25) is 9.88 Å². The maximum absolute atomic E-state index is 4.57. The zero-order chi connectivity index (χ0) is 14.3. The summed E-state index contributed by atoms with van der Waals surface area (Å²) in [6.45, 7) is 10.6. The van der Waals surface area contributed by atoms with Gasteiger partial charge in [0.25, 0.3) is 0 Å². The van der Waals surface area contributed by atoms with Gasteiger partial charge in [0.1, 0.15) is 0 Å². The van der Waals surface area contributed by atoms with Crippen molar-refractivity contribution in [2.75, 3.05) is 7.05 Å². The number of rotatable bonds is 8. The van der Waals surface area contributed by atoms with Crippen LogP contribution in [0, 0.1) is 0 Å². The van der Waals surface area contributed by atoms with E-state index in [1.54, 1.807) is 0 Å². The number of aromatic nitrogens is 1. The first kappa shape index (κ1) is 16.1. The Morgan fingerprint density at radius 3 is 2.37 bits per heavy atom. The second-order valence-electron chi connectivity index (χ2n) is 5.58. The quantitative estimate of drug-likeness (QED) is 0.780. The molecular formula is C16H29N3. The van der Waals surface area contributed by atoms with Gasteiger partial charge in [-0.25, -0.2) is 0 Å². The van der Waals surface area contributed by atoms with Gasteiger partial charge in [-0.1, -0.05) is 33.8 Å². The Bertz CT molecular complexity index is 342. The summed E-state index contributed by atoms with van der Waals surface area (Å²) >= 11 is 0. The first-order valence-corrected chi connectivity index (χ1v) is 7.44. The highest BCUT2D eigenvalue weighted by Crippen LogP contribution is 2.10. The molecule has 0 saturated carbocycles. The summed E-state index contributed by atoms with van der Waals surface area (Å²) < 4.78 is 0. The van der Waals surface area contributed by atoms with Crippen molar-refractivity contribution in [3.8, 4) is 0 Å². The van der Waals surface area contributed by atoms with Gasteiger partial charge in [0.2, 0.25) is 0 Å². The monoisotopic (exact) mass is 263 g/mol. The topological polar surface area (TPSA) is 28.2 Å². The Hall–Kier alpha value is -0.930. The maximum atomic E-state index is 4.57. The Labute approximate surface area is 118 Å². The predicted molar refractivity (Wildman–Crippen MR) is 82.0 cm³/mol. The Kier molecular flexibility index (Phi) is 7.03. The molecule has 0 atom stereocenters. The highest BCUT2D eigenvalue weighted by Gasteiger charge is 2.11. The molecule has 0 amide bonds. The molecule has 1 N–H and O–H groups in total. The third-order valence-corrected chi connectivity index (χ3v) is 3.58. The SMILES string of the molecule is CCC(CC)N(C)Cc1ccc(CNC(C)C)cn1. The summed E-state index contributed by atoms with van der Waals surface area (Å²) in [5.74, 6) is 0. The highest BCUT2D eigenvalue weighted by atomic mass is 15.1. The summed E-state index contributed by atoms with van der Waals surface area (Å²) in [6.07, 6.45) is 4.39. The van der Waals surface area contributed by atoms with E-state index in [-0.39, 0.29) is 0 Å². The fraction of sp³-hybridized carbons (Fsp3) is 0.688. The predicted octanol–water partition coefficient (Wildman–Crippen LogP) is 3.20. The van der Waals surface area contributed by atoms with Crippen molar-refractivity contribution < 1.29 is 0 Å². The first-order valence-electron chi connectivity index (χ1n) is 7.44. The van der Waals surface area contributed by atoms with Crippen LogP contribution in [0.1, 0.15) is 51.8 Å². The van der Waals surface area contributed by atoms with Crippen LogP contribution in [0.15, 0.2) is 18.3 Å². The summed E-state index contributed by atoms with van der Waals surface area (Å²) in [6, 6.07) is 5.50. The van der Waals surface area contributed by atoms with E-state index in [9.17, 15) is 0 Å². The largest absolute Gasteiger partial charge is 0.310 e. The first-order chi connectivity index (χ1) is 9.06. The summed E-state index contributed by atoms with van der Waals surface area (Å²) in [5.41, 5.74) is 2.41. The van der Waals surface area contributed by atoms with Crippen LogP contribution in [0.5, 0.6) is 0 Å². The molecule has 0 aliphatic carbocycles. The molecule has 0 aliphatic heterocycles. The normalized spacial score (nSPS) is 11.8. The molecule has 0 bridgehead atoms. The molecule has 1 heterocycles. The van der Waals surface area contributed by atoms with E-state index in [2.05, 4.69) is 62.1 Å². The van der Waals surface area contributed by atoms with Gasteiger partial charge in [-0.15, -0.1) is 0 Å². The van der Waals surface area contributed by atoms with Gasteiger partial charge in [0.05, 0.1) is 5.69 Å². The summed E-state index contributed by atoms with van der Waals surface area (Å²) in [7, 11) is 2.19. The molecule has 0 radical (unpaired) electrons. The lowest BCUT2D eigenvalue weighted by atomic mass is 10.1. The van der Waals surface area contributed by atoms with Gasteiger partial charge < -0.3 is 5.32 Å². The molecule has 0 aromatic carbocycles. The zero-order valence-corrected chi connectivity index (χ0v) is 13.1. The minimum atomic E-state index is 0.515. The smallest absolute Gasteiger partial charge is 0.0544 e. The van der Waals surface area contributed by atoms with E-state index in [1.165, 1.54) is 18.4 Å². The fourth-order valence-electron chi connectivity index (χ4n) is 2.27. The lowest BCUT2D eigenvalue weighted by Crippen LogP contribution is -2.30. The molecule has 3 heteroatoms. The third kappa shape index (κ3) is 5.70. The molecule has 3 nitrogen and oxygen atoms in total. The zero-order valence-electron chi connectivity index (χ0n) is 13.1. The number of hydrogen-bond donors (Lipinski definition) is 1. The molecule has 1 rings (SSSR count). The Balaban J connectivity index is 2.52.